The van der Waals surface area contributed by atoms with E-state index in [9.17, 15) is 9.90 Å². The van der Waals surface area contributed by atoms with Crippen LogP contribution in [0.2, 0.25) is 0 Å². The zero-order chi connectivity index (χ0) is 16.0. The summed E-state index contributed by atoms with van der Waals surface area (Å²) in [5, 5.41) is 13.5. The second-order valence-corrected chi connectivity index (χ2v) is 7.70. The number of primary amides is 1. The lowest BCUT2D eigenvalue weighted by atomic mass is 9.88. The van der Waals surface area contributed by atoms with Gasteiger partial charge in [0, 0.05) is 25.7 Å². The van der Waals surface area contributed by atoms with Crippen LogP contribution in [-0.2, 0) is 4.79 Å². The molecule has 1 heterocycles. The van der Waals surface area contributed by atoms with Gasteiger partial charge >= 0.3 is 0 Å². The number of amides is 1. The van der Waals surface area contributed by atoms with E-state index in [1.165, 1.54) is 0 Å². The summed E-state index contributed by atoms with van der Waals surface area (Å²) < 4.78 is 0. The fourth-order valence-corrected chi connectivity index (χ4v) is 2.97. The van der Waals surface area contributed by atoms with Gasteiger partial charge in [0.2, 0.25) is 5.91 Å². The van der Waals surface area contributed by atoms with Crippen LogP contribution in [-0.4, -0.2) is 54.2 Å². The van der Waals surface area contributed by atoms with E-state index in [1.807, 2.05) is 6.92 Å². The molecule has 0 spiro atoms. The predicted molar refractivity (Wildman–Crippen MR) is 85.9 cm³/mol. The van der Waals surface area contributed by atoms with E-state index in [4.69, 9.17) is 5.73 Å². The van der Waals surface area contributed by atoms with Crippen LogP contribution in [0.15, 0.2) is 0 Å². The minimum Gasteiger partial charge on any atom is -0.393 e. The highest BCUT2D eigenvalue weighted by Gasteiger charge is 2.29. The number of nitrogens with one attached hydrogen (secondary N) is 1. The lowest BCUT2D eigenvalue weighted by Crippen LogP contribution is -2.52. The SMILES string of the molecule is CCC(O)CC1CC(NCC(C)(C)C)CN(CC(N)=O)C1. The number of rotatable bonds is 7. The van der Waals surface area contributed by atoms with Gasteiger partial charge in [-0.05, 0) is 30.6 Å². The second-order valence-electron chi connectivity index (χ2n) is 7.70. The number of aliphatic hydroxyl groups is 1. The monoisotopic (exact) mass is 299 g/mol. The number of piperidine rings is 1. The van der Waals surface area contributed by atoms with Crippen molar-refractivity contribution < 1.29 is 9.90 Å². The molecular formula is C16H33N3O2. The van der Waals surface area contributed by atoms with E-state index >= 15 is 0 Å². The van der Waals surface area contributed by atoms with Gasteiger partial charge in [0.1, 0.15) is 0 Å². The van der Waals surface area contributed by atoms with Crippen molar-refractivity contribution in [2.75, 3.05) is 26.2 Å². The number of hydrogen-bond donors (Lipinski definition) is 3. The standard InChI is InChI=1S/C16H33N3O2/c1-5-14(20)7-12-6-13(18-11-16(2,3)4)9-19(8-12)10-15(17)21/h12-14,18,20H,5-11H2,1-4H3,(H2,17,21). The quantitative estimate of drug-likeness (QED) is 0.654. The Kier molecular flexibility index (Phi) is 7.10. The van der Waals surface area contributed by atoms with Crippen LogP contribution in [0.3, 0.4) is 0 Å². The molecule has 3 unspecified atom stereocenters. The van der Waals surface area contributed by atoms with Crippen LogP contribution in [0, 0.1) is 11.3 Å². The first-order chi connectivity index (χ1) is 9.69. The minimum atomic E-state index is -0.277. The first-order valence-corrected chi connectivity index (χ1v) is 8.11. The minimum absolute atomic E-state index is 0.240. The molecular weight excluding hydrogens is 266 g/mol. The smallest absolute Gasteiger partial charge is 0.231 e. The predicted octanol–water partition coefficient (Wildman–Crippen LogP) is 0.959. The van der Waals surface area contributed by atoms with Gasteiger partial charge in [-0.2, -0.15) is 0 Å². The highest BCUT2D eigenvalue weighted by atomic mass is 16.3. The summed E-state index contributed by atoms with van der Waals surface area (Å²) in [7, 11) is 0. The largest absolute Gasteiger partial charge is 0.393 e. The van der Waals surface area contributed by atoms with E-state index in [-0.39, 0.29) is 17.4 Å². The first kappa shape index (κ1) is 18.4. The second kappa shape index (κ2) is 8.11. The summed E-state index contributed by atoms with van der Waals surface area (Å²) in [6, 6.07) is 0.367. The topological polar surface area (TPSA) is 78.6 Å². The Morgan fingerprint density at radius 2 is 2.10 bits per heavy atom. The average molecular weight is 299 g/mol. The molecule has 1 fully saturated rings. The zero-order valence-electron chi connectivity index (χ0n) is 14.1. The summed E-state index contributed by atoms with van der Waals surface area (Å²) in [5.41, 5.74) is 5.57. The van der Waals surface area contributed by atoms with Gasteiger partial charge in [-0.1, -0.05) is 27.7 Å². The molecule has 0 radical (unpaired) electrons. The molecule has 0 aromatic carbocycles. The zero-order valence-corrected chi connectivity index (χ0v) is 14.1. The number of likely N-dealkylation sites (tertiary alicyclic amines) is 1. The number of nitrogens with two attached hydrogens (primary N) is 1. The molecule has 21 heavy (non-hydrogen) atoms. The van der Waals surface area contributed by atoms with E-state index < -0.39 is 0 Å². The van der Waals surface area contributed by atoms with Gasteiger partial charge in [0.25, 0.3) is 0 Å². The first-order valence-electron chi connectivity index (χ1n) is 8.11. The highest BCUT2D eigenvalue weighted by Crippen LogP contribution is 2.23. The van der Waals surface area contributed by atoms with Gasteiger partial charge < -0.3 is 16.2 Å². The Bertz CT molecular complexity index is 328. The van der Waals surface area contributed by atoms with Crippen LogP contribution in [0.4, 0.5) is 0 Å². The summed E-state index contributed by atoms with van der Waals surface area (Å²) in [5.74, 6) is 0.145. The number of aliphatic hydroxyl groups excluding tert-OH is 1. The van der Waals surface area contributed by atoms with Crippen molar-refractivity contribution in [2.24, 2.45) is 17.1 Å². The van der Waals surface area contributed by atoms with Crippen molar-refractivity contribution in [3.63, 3.8) is 0 Å². The Labute approximate surface area is 129 Å². The lowest BCUT2D eigenvalue weighted by molar-refractivity contribution is -0.119. The number of carbonyl (C=O) groups excluding carboxylic acids is 1. The molecule has 0 aliphatic carbocycles. The van der Waals surface area contributed by atoms with Crippen molar-refractivity contribution >= 4 is 5.91 Å². The maximum Gasteiger partial charge on any atom is 0.231 e. The summed E-state index contributed by atoms with van der Waals surface area (Å²) in [6.45, 7) is 11.6. The summed E-state index contributed by atoms with van der Waals surface area (Å²) in [4.78, 5) is 13.3. The molecule has 3 atom stereocenters. The molecule has 124 valence electrons. The molecule has 1 rings (SSSR count). The van der Waals surface area contributed by atoms with Crippen molar-refractivity contribution in [1.29, 1.82) is 0 Å². The molecule has 1 amide bonds. The maximum absolute atomic E-state index is 11.2. The van der Waals surface area contributed by atoms with Gasteiger partial charge in [0.05, 0.1) is 12.6 Å². The van der Waals surface area contributed by atoms with Crippen LogP contribution in [0.25, 0.3) is 0 Å². The molecule has 0 aromatic rings. The van der Waals surface area contributed by atoms with E-state index in [0.29, 0.717) is 18.5 Å². The molecule has 4 N–H and O–H groups in total. The van der Waals surface area contributed by atoms with Gasteiger partial charge in [0.15, 0.2) is 0 Å². The van der Waals surface area contributed by atoms with E-state index in [2.05, 4.69) is 31.0 Å². The number of hydrogen-bond acceptors (Lipinski definition) is 4. The molecule has 0 saturated carbocycles. The van der Waals surface area contributed by atoms with E-state index in [0.717, 1.165) is 38.9 Å². The summed E-state index contributed by atoms with van der Waals surface area (Å²) in [6.07, 6.45) is 2.40. The van der Waals surface area contributed by atoms with Crippen molar-refractivity contribution in [3.05, 3.63) is 0 Å². The third-order valence-corrected chi connectivity index (χ3v) is 3.99. The summed E-state index contributed by atoms with van der Waals surface area (Å²) >= 11 is 0. The third-order valence-electron chi connectivity index (χ3n) is 3.99. The van der Waals surface area contributed by atoms with Crippen molar-refractivity contribution in [3.8, 4) is 0 Å². The maximum atomic E-state index is 11.2. The van der Waals surface area contributed by atoms with Crippen LogP contribution >= 0.6 is 0 Å². The highest BCUT2D eigenvalue weighted by molar-refractivity contribution is 5.75. The fraction of sp³-hybridized carbons (Fsp3) is 0.938. The van der Waals surface area contributed by atoms with Crippen molar-refractivity contribution in [1.82, 2.24) is 10.2 Å². The Morgan fingerprint density at radius 1 is 1.43 bits per heavy atom. The number of carbonyl (C=O) groups is 1. The van der Waals surface area contributed by atoms with Crippen LogP contribution in [0.1, 0.15) is 47.0 Å². The van der Waals surface area contributed by atoms with Crippen molar-refractivity contribution in [2.45, 2.75) is 59.1 Å². The molecule has 1 aliphatic heterocycles. The van der Waals surface area contributed by atoms with Gasteiger partial charge in [-0.3, -0.25) is 9.69 Å². The van der Waals surface area contributed by atoms with Gasteiger partial charge in [-0.25, -0.2) is 0 Å². The molecule has 5 nitrogen and oxygen atoms in total. The van der Waals surface area contributed by atoms with E-state index in [1.54, 1.807) is 0 Å². The Morgan fingerprint density at radius 3 is 2.62 bits per heavy atom. The fourth-order valence-electron chi connectivity index (χ4n) is 2.97. The lowest BCUT2D eigenvalue weighted by Gasteiger charge is -2.39. The third kappa shape index (κ3) is 7.79. The Hall–Kier alpha value is -0.650. The van der Waals surface area contributed by atoms with Gasteiger partial charge in [-0.15, -0.1) is 0 Å². The van der Waals surface area contributed by atoms with Crippen LogP contribution in [0.5, 0.6) is 0 Å². The van der Waals surface area contributed by atoms with Crippen LogP contribution < -0.4 is 11.1 Å². The Balaban J connectivity index is 2.58. The number of nitrogens with zero attached hydrogens (tertiary/aromatic N) is 1. The molecule has 1 aliphatic rings. The normalized spacial score (nSPS) is 25.8. The molecule has 5 heteroatoms. The molecule has 1 saturated heterocycles. The molecule has 0 aromatic heterocycles. The average Bonchev–Trinajstić information content (AvgIpc) is 2.34. The molecule has 0 bridgehead atoms.